The molecule has 0 spiro atoms. The number of hydrogen-bond acceptors (Lipinski definition) is 3. The monoisotopic (exact) mass is 455 g/mol. The molecular formula is C20H11F6N3OS. The molecule has 160 valence electrons. The summed E-state index contributed by atoms with van der Waals surface area (Å²) in [5.74, 6) is -0.826. The standard InChI is InChI=1S/C20H11F6N3OS/c21-19(22,23)11-5-4-6-12(9-11)27-17(30)15-10-14-16(20(24,25)26)28-29(18(14)31-15)13-7-2-1-3-8-13/h1-10H,(H,27,30). The lowest BCUT2D eigenvalue weighted by Crippen LogP contribution is -2.12. The predicted octanol–water partition coefficient (Wildman–Crippen LogP) is 6.38. The van der Waals surface area contributed by atoms with Crippen molar-refractivity contribution in [2.24, 2.45) is 0 Å². The van der Waals surface area contributed by atoms with Gasteiger partial charge in [-0.3, -0.25) is 4.79 Å². The highest BCUT2D eigenvalue weighted by molar-refractivity contribution is 7.20. The first kappa shape index (κ1) is 20.9. The average Bonchev–Trinajstić information content (AvgIpc) is 3.27. The number of thiophene rings is 1. The van der Waals surface area contributed by atoms with Gasteiger partial charge in [-0.25, -0.2) is 4.68 Å². The minimum absolute atomic E-state index is 0.0905. The molecule has 0 saturated carbocycles. The number of halogens is 6. The SMILES string of the molecule is O=C(Nc1cccc(C(F)(F)F)c1)c1cc2c(C(F)(F)F)nn(-c3ccccc3)c2s1. The molecule has 0 aliphatic rings. The third kappa shape index (κ3) is 4.13. The Morgan fingerprint density at radius 1 is 0.903 bits per heavy atom. The van der Waals surface area contributed by atoms with Crippen LogP contribution in [0.4, 0.5) is 32.0 Å². The second kappa shape index (κ2) is 7.41. The van der Waals surface area contributed by atoms with Gasteiger partial charge in [0.15, 0.2) is 5.69 Å². The van der Waals surface area contributed by atoms with E-state index < -0.39 is 29.5 Å². The summed E-state index contributed by atoms with van der Waals surface area (Å²) in [5, 5.41) is 5.69. The van der Waals surface area contributed by atoms with Gasteiger partial charge in [0.2, 0.25) is 0 Å². The van der Waals surface area contributed by atoms with Crippen LogP contribution in [0.2, 0.25) is 0 Å². The van der Waals surface area contributed by atoms with Gasteiger partial charge in [0.05, 0.1) is 16.1 Å². The number of aromatic nitrogens is 2. The molecule has 4 nitrogen and oxygen atoms in total. The number of carbonyl (C=O) groups excluding carboxylic acids is 1. The molecular weight excluding hydrogens is 444 g/mol. The molecule has 11 heteroatoms. The van der Waals surface area contributed by atoms with Crippen LogP contribution in [0.5, 0.6) is 0 Å². The van der Waals surface area contributed by atoms with Gasteiger partial charge in [0, 0.05) is 11.1 Å². The summed E-state index contributed by atoms with van der Waals surface area (Å²) in [6.45, 7) is 0. The molecule has 0 fully saturated rings. The van der Waals surface area contributed by atoms with Crippen molar-refractivity contribution in [1.29, 1.82) is 0 Å². The van der Waals surface area contributed by atoms with E-state index in [1.54, 1.807) is 30.3 Å². The van der Waals surface area contributed by atoms with Crippen molar-refractivity contribution in [1.82, 2.24) is 9.78 Å². The van der Waals surface area contributed by atoms with E-state index in [-0.39, 0.29) is 20.8 Å². The van der Waals surface area contributed by atoms with Gasteiger partial charge in [0.25, 0.3) is 5.91 Å². The molecule has 4 aromatic rings. The van der Waals surface area contributed by atoms with Crippen LogP contribution in [-0.2, 0) is 12.4 Å². The Morgan fingerprint density at radius 3 is 2.26 bits per heavy atom. The molecule has 0 bridgehead atoms. The number of carbonyl (C=O) groups is 1. The van der Waals surface area contributed by atoms with Gasteiger partial charge >= 0.3 is 12.4 Å². The molecule has 0 saturated heterocycles. The van der Waals surface area contributed by atoms with Crippen LogP contribution in [0.25, 0.3) is 15.9 Å². The average molecular weight is 455 g/mol. The highest BCUT2D eigenvalue weighted by Crippen LogP contribution is 2.39. The molecule has 0 aliphatic carbocycles. The van der Waals surface area contributed by atoms with Crippen molar-refractivity contribution in [2.45, 2.75) is 12.4 Å². The second-order valence-corrected chi connectivity index (χ2v) is 7.49. The maximum atomic E-state index is 13.5. The number of amides is 1. The van der Waals surface area contributed by atoms with E-state index >= 15 is 0 Å². The fourth-order valence-electron chi connectivity index (χ4n) is 2.94. The van der Waals surface area contributed by atoms with Crippen molar-refractivity contribution in [3.05, 3.63) is 76.8 Å². The minimum atomic E-state index is -4.76. The minimum Gasteiger partial charge on any atom is -0.321 e. The summed E-state index contributed by atoms with van der Waals surface area (Å²) in [6.07, 6.45) is -9.35. The molecule has 2 heterocycles. The van der Waals surface area contributed by atoms with E-state index in [1.807, 2.05) is 0 Å². The zero-order valence-corrected chi connectivity index (χ0v) is 16.1. The molecule has 0 atom stereocenters. The number of benzene rings is 2. The summed E-state index contributed by atoms with van der Waals surface area (Å²) in [6, 6.07) is 13.1. The number of alkyl halides is 6. The van der Waals surface area contributed by atoms with Gasteiger partial charge in [-0.05, 0) is 36.4 Å². The van der Waals surface area contributed by atoms with Crippen LogP contribution >= 0.6 is 11.3 Å². The smallest absolute Gasteiger partial charge is 0.321 e. The fraction of sp³-hybridized carbons (Fsp3) is 0.100. The normalized spacial score (nSPS) is 12.3. The van der Waals surface area contributed by atoms with Crippen LogP contribution in [0.3, 0.4) is 0 Å². The Hall–Kier alpha value is -3.34. The fourth-order valence-corrected chi connectivity index (χ4v) is 3.97. The van der Waals surface area contributed by atoms with Gasteiger partial charge in [-0.15, -0.1) is 11.3 Å². The molecule has 2 aromatic heterocycles. The van der Waals surface area contributed by atoms with E-state index in [1.165, 1.54) is 6.07 Å². The number of fused-ring (bicyclic) bond motifs is 1. The van der Waals surface area contributed by atoms with E-state index in [0.717, 1.165) is 40.3 Å². The third-order valence-corrected chi connectivity index (χ3v) is 5.41. The Balaban J connectivity index is 1.74. The zero-order valence-electron chi connectivity index (χ0n) is 15.3. The first-order valence-corrected chi connectivity index (χ1v) is 9.49. The Kier molecular flexibility index (Phi) is 5.00. The highest BCUT2D eigenvalue weighted by Gasteiger charge is 2.38. The number of nitrogens with one attached hydrogen (secondary N) is 1. The lowest BCUT2D eigenvalue weighted by atomic mass is 10.2. The summed E-state index contributed by atoms with van der Waals surface area (Å²) in [4.78, 5) is 12.6. The number of nitrogens with zero attached hydrogens (tertiary/aromatic N) is 2. The lowest BCUT2D eigenvalue weighted by molar-refractivity contribution is -0.140. The van der Waals surface area contributed by atoms with E-state index in [2.05, 4.69) is 10.4 Å². The lowest BCUT2D eigenvalue weighted by Gasteiger charge is -2.09. The molecule has 1 amide bonds. The topological polar surface area (TPSA) is 46.9 Å². The van der Waals surface area contributed by atoms with Crippen LogP contribution in [0.1, 0.15) is 20.9 Å². The third-order valence-electron chi connectivity index (χ3n) is 4.30. The Bertz CT molecular complexity index is 1260. The molecule has 31 heavy (non-hydrogen) atoms. The first-order valence-electron chi connectivity index (χ1n) is 8.68. The van der Waals surface area contributed by atoms with Gasteiger partial charge in [-0.2, -0.15) is 31.4 Å². The van der Waals surface area contributed by atoms with Crippen LogP contribution in [0, 0.1) is 0 Å². The molecule has 1 N–H and O–H groups in total. The Labute approximate surface area is 174 Å². The summed E-state index contributed by atoms with van der Waals surface area (Å²) < 4.78 is 80.1. The molecule has 0 radical (unpaired) electrons. The number of para-hydroxylation sites is 1. The molecule has 2 aromatic carbocycles. The van der Waals surface area contributed by atoms with Gasteiger partial charge < -0.3 is 5.32 Å². The van der Waals surface area contributed by atoms with Crippen LogP contribution in [0.15, 0.2) is 60.7 Å². The van der Waals surface area contributed by atoms with E-state index in [0.29, 0.717) is 5.69 Å². The summed E-state index contributed by atoms with van der Waals surface area (Å²) >= 11 is 0.759. The molecule has 0 aliphatic heterocycles. The van der Waals surface area contributed by atoms with Crippen LogP contribution in [-0.4, -0.2) is 15.7 Å². The van der Waals surface area contributed by atoms with Crippen molar-refractivity contribution in [2.75, 3.05) is 5.32 Å². The van der Waals surface area contributed by atoms with Crippen LogP contribution < -0.4 is 5.32 Å². The van der Waals surface area contributed by atoms with Gasteiger partial charge in [-0.1, -0.05) is 24.3 Å². The number of rotatable bonds is 3. The highest BCUT2D eigenvalue weighted by atomic mass is 32.1. The van der Waals surface area contributed by atoms with Gasteiger partial charge in [0.1, 0.15) is 4.83 Å². The predicted molar refractivity (Wildman–Crippen MR) is 103 cm³/mol. The van der Waals surface area contributed by atoms with Crippen molar-refractivity contribution < 1.29 is 31.1 Å². The summed E-state index contributed by atoms with van der Waals surface area (Å²) in [7, 11) is 0. The maximum absolute atomic E-state index is 13.5. The molecule has 0 unspecified atom stereocenters. The largest absolute Gasteiger partial charge is 0.435 e. The maximum Gasteiger partial charge on any atom is 0.435 e. The van der Waals surface area contributed by atoms with E-state index in [4.69, 9.17) is 0 Å². The number of hydrogen-bond donors (Lipinski definition) is 1. The van der Waals surface area contributed by atoms with E-state index in [9.17, 15) is 31.1 Å². The quantitative estimate of drug-likeness (QED) is 0.365. The zero-order chi connectivity index (χ0) is 22.4. The molecule has 4 rings (SSSR count). The Morgan fingerprint density at radius 2 is 1.61 bits per heavy atom. The first-order chi connectivity index (χ1) is 14.5. The second-order valence-electron chi connectivity index (χ2n) is 6.46. The van der Waals surface area contributed by atoms with Crippen molar-refractivity contribution >= 4 is 33.1 Å². The van der Waals surface area contributed by atoms with Crippen molar-refractivity contribution in [3.63, 3.8) is 0 Å². The number of anilines is 1. The summed E-state index contributed by atoms with van der Waals surface area (Å²) in [5.41, 5.74) is -1.87. The van der Waals surface area contributed by atoms with Crippen molar-refractivity contribution in [3.8, 4) is 5.69 Å².